The van der Waals surface area contributed by atoms with Crippen LogP contribution in [0.1, 0.15) is 25.7 Å². The van der Waals surface area contributed by atoms with E-state index in [1.165, 1.54) is 6.42 Å². The Labute approximate surface area is 86.4 Å². The van der Waals surface area contributed by atoms with Crippen LogP contribution >= 0.6 is 0 Å². The van der Waals surface area contributed by atoms with Crippen LogP contribution in [0.2, 0.25) is 0 Å². The van der Waals surface area contributed by atoms with Crippen molar-refractivity contribution >= 4 is 0 Å². The van der Waals surface area contributed by atoms with Crippen molar-refractivity contribution in [3.63, 3.8) is 0 Å². The summed E-state index contributed by atoms with van der Waals surface area (Å²) in [5, 5.41) is 9.22. The van der Waals surface area contributed by atoms with Crippen molar-refractivity contribution in [3.05, 3.63) is 0 Å². The molecule has 4 nitrogen and oxygen atoms in total. The van der Waals surface area contributed by atoms with Gasteiger partial charge < -0.3 is 20.3 Å². The van der Waals surface area contributed by atoms with Gasteiger partial charge in [0.25, 0.3) is 0 Å². The average Bonchev–Trinajstić information content (AvgIpc) is 2.17. The van der Waals surface area contributed by atoms with E-state index < -0.39 is 6.10 Å². The molecule has 0 aliphatic carbocycles. The van der Waals surface area contributed by atoms with Crippen LogP contribution in [0.5, 0.6) is 0 Å². The molecule has 0 aromatic rings. The van der Waals surface area contributed by atoms with Crippen molar-refractivity contribution in [3.8, 4) is 0 Å². The number of nitrogens with two attached hydrogens (primary N) is 1. The highest BCUT2D eigenvalue weighted by Crippen LogP contribution is 1.99. The summed E-state index contributed by atoms with van der Waals surface area (Å²) in [5.74, 6) is 0. The average molecular weight is 205 g/mol. The number of hydrogen-bond donors (Lipinski definition) is 2. The summed E-state index contributed by atoms with van der Waals surface area (Å²) in [5.41, 5.74) is 5.36. The Bertz CT molecular complexity index is 112. The maximum atomic E-state index is 9.22. The first-order valence-corrected chi connectivity index (χ1v) is 5.26. The minimum Gasteiger partial charge on any atom is -0.388 e. The quantitative estimate of drug-likeness (QED) is 0.511. The zero-order valence-corrected chi connectivity index (χ0v) is 9.08. The Kier molecular flexibility index (Phi) is 10.8. The second-order valence-electron chi connectivity index (χ2n) is 3.39. The number of unbranched alkanes of at least 4 members (excludes halogenated alkanes) is 3. The van der Waals surface area contributed by atoms with Crippen LogP contribution in [-0.4, -0.2) is 44.7 Å². The van der Waals surface area contributed by atoms with E-state index in [1.807, 2.05) is 0 Å². The molecule has 0 amide bonds. The first-order chi connectivity index (χ1) is 6.81. The normalized spacial score (nSPS) is 13.1. The van der Waals surface area contributed by atoms with Crippen molar-refractivity contribution in [1.29, 1.82) is 0 Å². The van der Waals surface area contributed by atoms with E-state index in [4.69, 9.17) is 15.2 Å². The second-order valence-corrected chi connectivity index (χ2v) is 3.39. The zero-order valence-electron chi connectivity index (χ0n) is 9.08. The van der Waals surface area contributed by atoms with E-state index >= 15 is 0 Å². The first kappa shape index (κ1) is 13.8. The van der Waals surface area contributed by atoms with Gasteiger partial charge in [-0.25, -0.2) is 0 Å². The summed E-state index contributed by atoms with van der Waals surface area (Å²) in [6.07, 6.45) is 3.95. The van der Waals surface area contributed by atoms with Crippen LogP contribution in [0.4, 0.5) is 0 Å². The third-order valence-corrected chi connectivity index (χ3v) is 1.91. The summed E-state index contributed by atoms with van der Waals surface area (Å²) in [7, 11) is 1.57. The largest absolute Gasteiger partial charge is 0.388 e. The number of rotatable bonds is 10. The predicted octanol–water partition coefficient (Wildman–Crippen LogP) is 0.529. The van der Waals surface area contributed by atoms with Gasteiger partial charge in [0, 0.05) is 13.7 Å². The van der Waals surface area contributed by atoms with Crippen LogP contribution in [-0.2, 0) is 9.47 Å². The van der Waals surface area contributed by atoms with E-state index in [0.717, 1.165) is 25.8 Å². The van der Waals surface area contributed by atoms with Crippen molar-refractivity contribution in [2.24, 2.45) is 5.73 Å². The summed E-state index contributed by atoms with van der Waals surface area (Å²) in [4.78, 5) is 0. The van der Waals surface area contributed by atoms with Gasteiger partial charge in [-0.2, -0.15) is 0 Å². The number of aliphatic hydroxyl groups excluding tert-OH is 1. The Morgan fingerprint density at radius 1 is 1.14 bits per heavy atom. The van der Waals surface area contributed by atoms with Gasteiger partial charge in [-0.3, -0.25) is 0 Å². The molecular formula is C10H23NO3. The Hall–Kier alpha value is -0.160. The van der Waals surface area contributed by atoms with Gasteiger partial charge >= 0.3 is 0 Å². The third-order valence-electron chi connectivity index (χ3n) is 1.91. The van der Waals surface area contributed by atoms with Gasteiger partial charge in [0.15, 0.2) is 0 Å². The SMILES string of the molecule is COCC(O)COCCCCCCN. The lowest BCUT2D eigenvalue weighted by Crippen LogP contribution is -2.21. The van der Waals surface area contributed by atoms with Crippen LogP contribution in [0.3, 0.4) is 0 Å². The van der Waals surface area contributed by atoms with E-state index in [2.05, 4.69) is 0 Å². The third kappa shape index (κ3) is 9.92. The number of hydrogen-bond acceptors (Lipinski definition) is 4. The number of ether oxygens (including phenoxy) is 2. The number of aliphatic hydroxyl groups is 1. The molecule has 1 atom stereocenters. The summed E-state index contributed by atoms with van der Waals surface area (Å²) in [6.45, 7) is 2.19. The molecule has 0 fully saturated rings. The lowest BCUT2D eigenvalue weighted by Gasteiger charge is -2.09. The lowest BCUT2D eigenvalue weighted by atomic mass is 10.2. The Balaban J connectivity index is 2.98. The minimum absolute atomic E-state index is 0.340. The molecular weight excluding hydrogens is 182 g/mol. The Morgan fingerprint density at radius 2 is 1.86 bits per heavy atom. The molecule has 0 spiro atoms. The molecule has 0 saturated heterocycles. The molecule has 0 aromatic carbocycles. The molecule has 86 valence electrons. The lowest BCUT2D eigenvalue weighted by molar-refractivity contribution is -0.00683. The smallest absolute Gasteiger partial charge is 0.101 e. The van der Waals surface area contributed by atoms with Gasteiger partial charge in [0.1, 0.15) is 6.10 Å². The Morgan fingerprint density at radius 3 is 2.50 bits per heavy atom. The zero-order chi connectivity index (χ0) is 10.6. The fraction of sp³-hybridized carbons (Fsp3) is 1.00. The van der Waals surface area contributed by atoms with Gasteiger partial charge in [-0.1, -0.05) is 12.8 Å². The monoisotopic (exact) mass is 205 g/mol. The van der Waals surface area contributed by atoms with Crippen LogP contribution in [0, 0.1) is 0 Å². The highest BCUT2D eigenvalue weighted by atomic mass is 16.5. The topological polar surface area (TPSA) is 64.7 Å². The molecule has 0 bridgehead atoms. The molecule has 1 unspecified atom stereocenters. The second kappa shape index (κ2) is 10.9. The molecule has 0 aliphatic rings. The highest BCUT2D eigenvalue weighted by Gasteiger charge is 2.02. The van der Waals surface area contributed by atoms with Gasteiger partial charge in [0.2, 0.25) is 0 Å². The van der Waals surface area contributed by atoms with Gasteiger partial charge in [-0.15, -0.1) is 0 Å². The van der Waals surface area contributed by atoms with Crippen molar-refractivity contribution in [2.45, 2.75) is 31.8 Å². The molecule has 4 heteroatoms. The van der Waals surface area contributed by atoms with E-state index in [9.17, 15) is 5.11 Å². The van der Waals surface area contributed by atoms with Crippen molar-refractivity contribution < 1.29 is 14.6 Å². The van der Waals surface area contributed by atoms with E-state index in [-0.39, 0.29) is 0 Å². The molecule has 0 aromatic heterocycles. The van der Waals surface area contributed by atoms with Gasteiger partial charge in [0.05, 0.1) is 13.2 Å². The summed E-state index contributed by atoms with van der Waals surface area (Å²) >= 11 is 0. The predicted molar refractivity (Wildman–Crippen MR) is 56.2 cm³/mol. The number of methoxy groups -OCH3 is 1. The summed E-state index contributed by atoms with van der Waals surface area (Å²) < 4.78 is 10.0. The molecule has 0 heterocycles. The molecule has 14 heavy (non-hydrogen) atoms. The molecule has 0 aliphatic heterocycles. The standard InChI is InChI=1S/C10H23NO3/c1-13-8-10(12)9-14-7-5-3-2-4-6-11/h10,12H,2-9,11H2,1H3. The van der Waals surface area contributed by atoms with Crippen LogP contribution in [0.15, 0.2) is 0 Å². The van der Waals surface area contributed by atoms with Crippen molar-refractivity contribution in [1.82, 2.24) is 0 Å². The maximum absolute atomic E-state index is 9.22. The minimum atomic E-state index is -0.496. The molecule has 0 rings (SSSR count). The fourth-order valence-corrected chi connectivity index (χ4v) is 1.16. The van der Waals surface area contributed by atoms with E-state index in [1.54, 1.807) is 7.11 Å². The highest BCUT2D eigenvalue weighted by molar-refractivity contribution is 4.50. The van der Waals surface area contributed by atoms with Crippen LogP contribution in [0.25, 0.3) is 0 Å². The first-order valence-electron chi connectivity index (χ1n) is 5.26. The molecule has 0 saturated carbocycles. The van der Waals surface area contributed by atoms with Crippen LogP contribution < -0.4 is 5.73 Å². The molecule has 3 N–H and O–H groups in total. The molecule has 0 radical (unpaired) electrons. The fourth-order valence-electron chi connectivity index (χ4n) is 1.16. The summed E-state index contributed by atoms with van der Waals surface area (Å²) in [6, 6.07) is 0. The maximum Gasteiger partial charge on any atom is 0.101 e. The van der Waals surface area contributed by atoms with Crippen molar-refractivity contribution in [2.75, 3.05) is 33.5 Å². The van der Waals surface area contributed by atoms with E-state index in [0.29, 0.717) is 19.8 Å². The van der Waals surface area contributed by atoms with Gasteiger partial charge in [-0.05, 0) is 19.4 Å².